The highest BCUT2D eigenvalue weighted by atomic mass is 79.9. The van der Waals surface area contributed by atoms with Crippen molar-refractivity contribution in [3.63, 3.8) is 0 Å². The first-order valence-corrected chi connectivity index (χ1v) is 10.5. The average molecular weight is 445 g/mol. The molecule has 0 saturated heterocycles. The third-order valence-corrected chi connectivity index (χ3v) is 5.44. The summed E-state index contributed by atoms with van der Waals surface area (Å²) in [5.41, 5.74) is 1.65. The van der Waals surface area contributed by atoms with E-state index in [4.69, 9.17) is 4.74 Å². The van der Waals surface area contributed by atoms with E-state index in [0.717, 1.165) is 17.3 Å². The van der Waals surface area contributed by atoms with E-state index in [9.17, 15) is 9.59 Å². The Kier molecular flexibility index (Phi) is 7.09. The molecule has 2 aromatic rings. The quantitative estimate of drug-likeness (QED) is 0.645. The molecule has 0 spiro atoms. The van der Waals surface area contributed by atoms with E-state index in [-0.39, 0.29) is 17.9 Å². The molecule has 2 N–H and O–H groups in total. The van der Waals surface area contributed by atoms with Crippen molar-refractivity contribution < 1.29 is 14.3 Å². The minimum absolute atomic E-state index is 0.0909. The summed E-state index contributed by atoms with van der Waals surface area (Å²) in [6.07, 6.45) is 5.65. The van der Waals surface area contributed by atoms with Crippen LogP contribution in [0.2, 0.25) is 0 Å². The van der Waals surface area contributed by atoms with Gasteiger partial charge in [0.1, 0.15) is 5.75 Å². The Morgan fingerprint density at radius 1 is 1.04 bits per heavy atom. The predicted molar refractivity (Wildman–Crippen MR) is 114 cm³/mol. The minimum atomic E-state index is -0.242. The average Bonchev–Trinajstić information content (AvgIpc) is 2.70. The highest BCUT2D eigenvalue weighted by molar-refractivity contribution is 9.10. The minimum Gasteiger partial charge on any atom is -0.493 e. The van der Waals surface area contributed by atoms with Gasteiger partial charge in [-0.3, -0.25) is 9.59 Å². The first kappa shape index (κ1) is 20.4. The van der Waals surface area contributed by atoms with E-state index < -0.39 is 0 Å². The molecule has 3 rings (SSSR count). The van der Waals surface area contributed by atoms with Crippen molar-refractivity contribution in [3.05, 3.63) is 58.1 Å². The van der Waals surface area contributed by atoms with Crippen LogP contribution in [0.5, 0.6) is 5.75 Å². The van der Waals surface area contributed by atoms with Gasteiger partial charge in [-0.25, -0.2) is 0 Å². The van der Waals surface area contributed by atoms with Crippen LogP contribution < -0.4 is 15.4 Å². The van der Waals surface area contributed by atoms with Gasteiger partial charge in [-0.15, -0.1) is 0 Å². The fourth-order valence-corrected chi connectivity index (χ4v) is 3.86. The number of anilines is 1. The Morgan fingerprint density at radius 2 is 1.79 bits per heavy atom. The van der Waals surface area contributed by atoms with Gasteiger partial charge in [0.2, 0.25) is 0 Å². The van der Waals surface area contributed by atoms with E-state index in [1.165, 1.54) is 19.3 Å². The molecule has 2 aromatic carbocycles. The number of rotatable bonds is 6. The van der Waals surface area contributed by atoms with E-state index in [1.807, 2.05) is 6.92 Å². The number of nitrogens with one attached hydrogen (secondary N) is 2. The first-order valence-electron chi connectivity index (χ1n) is 9.71. The topological polar surface area (TPSA) is 67.4 Å². The summed E-state index contributed by atoms with van der Waals surface area (Å²) < 4.78 is 6.20. The van der Waals surface area contributed by atoms with Gasteiger partial charge in [0, 0.05) is 22.9 Å². The molecular weight excluding hydrogens is 420 g/mol. The molecule has 148 valence electrons. The molecule has 28 heavy (non-hydrogen) atoms. The van der Waals surface area contributed by atoms with Crippen LogP contribution in [-0.4, -0.2) is 24.5 Å². The van der Waals surface area contributed by atoms with Gasteiger partial charge in [0.15, 0.2) is 0 Å². The van der Waals surface area contributed by atoms with Crippen LogP contribution in [0.25, 0.3) is 0 Å². The number of carbonyl (C=O) groups is 2. The van der Waals surface area contributed by atoms with Crippen molar-refractivity contribution in [3.8, 4) is 5.75 Å². The Bertz CT molecular complexity index is 847. The van der Waals surface area contributed by atoms with Crippen molar-refractivity contribution in [2.75, 3.05) is 11.9 Å². The second-order valence-electron chi connectivity index (χ2n) is 6.92. The highest BCUT2D eigenvalue weighted by Crippen LogP contribution is 2.26. The molecule has 1 fully saturated rings. The number of carbonyl (C=O) groups excluding carboxylic acids is 2. The molecule has 1 aliphatic carbocycles. The summed E-state index contributed by atoms with van der Waals surface area (Å²) in [6.45, 7) is 2.46. The van der Waals surface area contributed by atoms with Crippen molar-refractivity contribution in [1.29, 1.82) is 0 Å². The SMILES string of the molecule is CCOc1ccc(C(=O)Nc2cccc(C(=O)NC3CCCCC3)c2)cc1Br. The fraction of sp³-hybridized carbons (Fsp3) is 0.364. The maximum Gasteiger partial charge on any atom is 0.255 e. The lowest BCUT2D eigenvalue weighted by atomic mass is 9.95. The number of ether oxygens (including phenoxy) is 1. The predicted octanol–water partition coefficient (Wildman–Crippen LogP) is 5.16. The zero-order valence-corrected chi connectivity index (χ0v) is 17.6. The Morgan fingerprint density at radius 3 is 2.50 bits per heavy atom. The van der Waals surface area contributed by atoms with Gasteiger partial charge >= 0.3 is 0 Å². The summed E-state index contributed by atoms with van der Waals surface area (Å²) in [7, 11) is 0. The smallest absolute Gasteiger partial charge is 0.255 e. The second kappa shape index (κ2) is 9.73. The standard InChI is InChI=1S/C22H25BrN2O3/c1-2-28-20-12-11-16(14-19(20)23)22(27)25-18-10-6-7-15(13-18)21(26)24-17-8-4-3-5-9-17/h6-7,10-14,17H,2-5,8-9H2,1H3,(H,24,26)(H,25,27). The Labute approximate surface area is 174 Å². The number of hydrogen-bond donors (Lipinski definition) is 2. The molecule has 2 amide bonds. The maximum absolute atomic E-state index is 12.6. The van der Waals surface area contributed by atoms with Crippen molar-refractivity contribution in [2.45, 2.75) is 45.1 Å². The summed E-state index contributed by atoms with van der Waals surface area (Å²) in [6, 6.07) is 12.5. The van der Waals surface area contributed by atoms with Crippen LogP contribution in [0.1, 0.15) is 59.7 Å². The molecule has 0 aromatic heterocycles. The number of benzene rings is 2. The molecule has 6 heteroatoms. The van der Waals surface area contributed by atoms with Crippen LogP contribution in [0.3, 0.4) is 0 Å². The van der Waals surface area contributed by atoms with E-state index in [0.29, 0.717) is 29.2 Å². The van der Waals surface area contributed by atoms with Gasteiger partial charge < -0.3 is 15.4 Å². The number of halogens is 1. The van der Waals surface area contributed by atoms with E-state index in [2.05, 4.69) is 26.6 Å². The molecular formula is C22H25BrN2O3. The van der Waals surface area contributed by atoms with Crippen LogP contribution in [-0.2, 0) is 0 Å². The molecule has 1 aliphatic rings. The zero-order chi connectivity index (χ0) is 19.9. The van der Waals surface area contributed by atoms with E-state index in [1.54, 1.807) is 42.5 Å². The lowest BCUT2D eigenvalue weighted by Gasteiger charge is -2.22. The Balaban J connectivity index is 1.65. The number of hydrogen-bond acceptors (Lipinski definition) is 3. The Hall–Kier alpha value is -2.34. The monoisotopic (exact) mass is 444 g/mol. The summed E-state index contributed by atoms with van der Waals surface area (Å²) in [5.74, 6) is 0.362. The summed E-state index contributed by atoms with van der Waals surface area (Å²) in [4.78, 5) is 25.1. The van der Waals surface area contributed by atoms with Crippen molar-refractivity contribution in [2.24, 2.45) is 0 Å². The summed E-state index contributed by atoms with van der Waals surface area (Å²) in [5, 5.41) is 5.96. The molecule has 0 heterocycles. The lowest BCUT2D eigenvalue weighted by molar-refractivity contribution is 0.0926. The van der Waals surface area contributed by atoms with E-state index >= 15 is 0 Å². The van der Waals surface area contributed by atoms with Crippen molar-refractivity contribution >= 4 is 33.4 Å². The van der Waals surface area contributed by atoms with Crippen LogP contribution in [0, 0.1) is 0 Å². The van der Waals surface area contributed by atoms with Crippen molar-refractivity contribution in [1.82, 2.24) is 5.32 Å². The second-order valence-corrected chi connectivity index (χ2v) is 7.78. The molecule has 0 bridgehead atoms. The fourth-order valence-electron chi connectivity index (χ4n) is 3.37. The number of amides is 2. The molecule has 0 aliphatic heterocycles. The molecule has 0 radical (unpaired) electrons. The highest BCUT2D eigenvalue weighted by Gasteiger charge is 2.17. The molecule has 1 saturated carbocycles. The maximum atomic E-state index is 12.6. The van der Waals surface area contributed by atoms with Gasteiger partial charge in [-0.2, -0.15) is 0 Å². The van der Waals surface area contributed by atoms with Gasteiger partial charge in [0.25, 0.3) is 11.8 Å². The molecule has 0 unspecified atom stereocenters. The third kappa shape index (κ3) is 5.35. The molecule has 5 nitrogen and oxygen atoms in total. The van der Waals surface area contributed by atoms with Gasteiger partial charge in [0.05, 0.1) is 11.1 Å². The molecule has 0 atom stereocenters. The van der Waals surface area contributed by atoms with Gasteiger partial charge in [-0.05, 0) is 72.1 Å². The van der Waals surface area contributed by atoms with Crippen LogP contribution >= 0.6 is 15.9 Å². The van der Waals surface area contributed by atoms with Crippen LogP contribution in [0.4, 0.5) is 5.69 Å². The zero-order valence-electron chi connectivity index (χ0n) is 16.0. The third-order valence-electron chi connectivity index (χ3n) is 4.82. The van der Waals surface area contributed by atoms with Crippen LogP contribution in [0.15, 0.2) is 46.9 Å². The lowest BCUT2D eigenvalue weighted by Crippen LogP contribution is -2.36. The normalized spacial score (nSPS) is 14.4. The summed E-state index contributed by atoms with van der Waals surface area (Å²) >= 11 is 3.42. The van der Waals surface area contributed by atoms with Gasteiger partial charge in [-0.1, -0.05) is 25.3 Å². The first-order chi connectivity index (χ1) is 13.6. The largest absolute Gasteiger partial charge is 0.493 e.